The molecule has 0 saturated carbocycles. The lowest BCUT2D eigenvalue weighted by Gasteiger charge is -2.08. The smallest absolute Gasteiger partial charge is 0.328 e. The molecule has 0 radical (unpaired) electrons. The first kappa shape index (κ1) is 19.0. The summed E-state index contributed by atoms with van der Waals surface area (Å²) in [5.41, 5.74) is 6.90. The lowest BCUT2D eigenvalue weighted by Crippen LogP contribution is -2.08. The Hall–Kier alpha value is -3.32. The highest BCUT2D eigenvalue weighted by atomic mass is 16.5. The van der Waals surface area contributed by atoms with Gasteiger partial charge in [-0.3, -0.25) is 0 Å². The fraction of sp³-hybridized carbons (Fsp3) is 0.158. The Morgan fingerprint density at radius 2 is 1.69 bits per heavy atom. The van der Waals surface area contributed by atoms with E-state index in [-0.39, 0.29) is 0 Å². The van der Waals surface area contributed by atoms with Crippen LogP contribution < -0.4 is 10.5 Å². The van der Waals surface area contributed by atoms with Crippen molar-refractivity contribution in [2.45, 2.75) is 6.54 Å². The minimum atomic E-state index is -1.26. The van der Waals surface area contributed by atoms with Gasteiger partial charge in [0.15, 0.2) is 0 Å². The zero-order chi connectivity index (χ0) is 19.1. The highest BCUT2D eigenvalue weighted by Crippen LogP contribution is 2.29. The molecule has 1 aromatic heterocycles. The molecule has 4 N–H and O–H groups in total. The van der Waals surface area contributed by atoms with E-state index in [9.17, 15) is 9.59 Å². The molecule has 3 rings (SSSR count). The number of aromatic nitrogens is 1. The highest BCUT2D eigenvalue weighted by Gasteiger charge is 2.06. The van der Waals surface area contributed by atoms with Gasteiger partial charge in [-0.15, -0.1) is 0 Å². The molecule has 0 saturated heterocycles. The van der Waals surface area contributed by atoms with Crippen molar-refractivity contribution in [3.8, 4) is 5.75 Å². The highest BCUT2D eigenvalue weighted by molar-refractivity contribution is 6.06. The van der Waals surface area contributed by atoms with Crippen LogP contribution in [0.5, 0.6) is 5.75 Å². The average molecular weight is 356 g/mol. The molecule has 0 bridgehead atoms. The number of carboxylic acids is 2. The number of methoxy groups -OCH3 is 1. The summed E-state index contributed by atoms with van der Waals surface area (Å²) < 4.78 is 7.52. The van der Waals surface area contributed by atoms with Crippen molar-refractivity contribution in [1.82, 2.24) is 4.57 Å². The molecule has 0 aliphatic heterocycles. The molecule has 0 amide bonds. The summed E-state index contributed by atoms with van der Waals surface area (Å²) in [6.45, 7) is 1.48. The van der Waals surface area contributed by atoms with E-state index < -0.39 is 11.9 Å². The fourth-order valence-electron chi connectivity index (χ4n) is 2.59. The van der Waals surface area contributed by atoms with Gasteiger partial charge in [-0.25, -0.2) is 9.59 Å². The summed E-state index contributed by atoms with van der Waals surface area (Å²) in [5, 5.41) is 19.3. The Bertz CT molecular complexity index is 943. The monoisotopic (exact) mass is 356 g/mol. The third kappa shape index (κ3) is 4.61. The van der Waals surface area contributed by atoms with Gasteiger partial charge in [-0.1, -0.05) is 18.2 Å². The van der Waals surface area contributed by atoms with Crippen molar-refractivity contribution in [1.29, 1.82) is 0 Å². The zero-order valence-corrected chi connectivity index (χ0v) is 14.3. The molecule has 0 unspecified atom stereocenters. The third-order valence-corrected chi connectivity index (χ3v) is 3.69. The van der Waals surface area contributed by atoms with Gasteiger partial charge in [-0.05, 0) is 23.6 Å². The van der Waals surface area contributed by atoms with Crippen molar-refractivity contribution in [2.24, 2.45) is 5.73 Å². The summed E-state index contributed by atoms with van der Waals surface area (Å²) in [6, 6.07) is 12.6. The number of carboxylic acid groups (broad SMARTS) is 2. The van der Waals surface area contributed by atoms with E-state index in [1.807, 2.05) is 6.07 Å². The molecule has 0 fully saturated rings. The quantitative estimate of drug-likeness (QED) is 0.605. The Morgan fingerprint density at radius 3 is 2.27 bits per heavy atom. The Balaban J connectivity index is 0.000000260. The number of carbonyl (C=O) groups is 2. The van der Waals surface area contributed by atoms with Crippen LogP contribution in [0.3, 0.4) is 0 Å². The van der Waals surface area contributed by atoms with Crippen LogP contribution in [0, 0.1) is 0 Å². The van der Waals surface area contributed by atoms with Gasteiger partial charge >= 0.3 is 11.9 Å². The molecule has 136 valence electrons. The van der Waals surface area contributed by atoms with Crippen molar-refractivity contribution < 1.29 is 24.5 Å². The maximum Gasteiger partial charge on any atom is 0.328 e. The van der Waals surface area contributed by atoms with E-state index in [2.05, 4.69) is 41.1 Å². The van der Waals surface area contributed by atoms with Crippen LogP contribution in [0.2, 0.25) is 0 Å². The molecule has 1 heterocycles. The summed E-state index contributed by atoms with van der Waals surface area (Å²) >= 11 is 0. The topological polar surface area (TPSA) is 115 Å². The van der Waals surface area contributed by atoms with Crippen LogP contribution in [0.1, 0.15) is 0 Å². The normalized spacial score (nSPS) is 10.7. The van der Waals surface area contributed by atoms with Gasteiger partial charge in [0.2, 0.25) is 0 Å². The van der Waals surface area contributed by atoms with Crippen molar-refractivity contribution in [3.63, 3.8) is 0 Å². The number of hydrogen-bond donors (Lipinski definition) is 3. The predicted octanol–water partition coefficient (Wildman–Crippen LogP) is 2.47. The number of rotatable bonds is 5. The van der Waals surface area contributed by atoms with Crippen LogP contribution >= 0.6 is 0 Å². The first-order valence-corrected chi connectivity index (χ1v) is 7.86. The molecule has 0 spiro atoms. The summed E-state index contributed by atoms with van der Waals surface area (Å²) in [6.07, 6.45) is 3.21. The molecule has 0 aliphatic carbocycles. The summed E-state index contributed by atoms with van der Waals surface area (Å²) in [7, 11) is 1.69. The lowest BCUT2D eigenvalue weighted by molar-refractivity contribution is -0.134. The van der Waals surface area contributed by atoms with Crippen LogP contribution in [0.15, 0.2) is 54.7 Å². The third-order valence-electron chi connectivity index (χ3n) is 3.69. The summed E-state index contributed by atoms with van der Waals surface area (Å²) in [4.78, 5) is 19.1. The van der Waals surface area contributed by atoms with Crippen LogP contribution in [0.25, 0.3) is 21.7 Å². The number of nitrogens with two attached hydrogens (primary N) is 1. The SMILES string of the molecule is COc1ccc2ccc3ccn(CCN)c3c2c1.O=C(O)/C=C/C(=O)O. The van der Waals surface area contributed by atoms with Crippen LogP contribution in [-0.2, 0) is 16.1 Å². The number of aliphatic carboxylic acids is 2. The Morgan fingerprint density at radius 1 is 1.08 bits per heavy atom. The van der Waals surface area contributed by atoms with E-state index in [0.717, 1.165) is 12.3 Å². The van der Waals surface area contributed by atoms with Gasteiger partial charge in [0.05, 0.1) is 12.6 Å². The second-order valence-electron chi connectivity index (χ2n) is 5.40. The van der Waals surface area contributed by atoms with E-state index in [1.165, 1.54) is 21.7 Å². The average Bonchev–Trinajstić information content (AvgIpc) is 3.04. The molecule has 0 atom stereocenters. The van der Waals surface area contributed by atoms with Crippen molar-refractivity contribution in [2.75, 3.05) is 13.7 Å². The first-order chi connectivity index (χ1) is 12.5. The molecule has 2 aromatic carbocycles. The largest absolute Gasteiger partial charge is 0.497 e. The zero-order valence-electron chi connectivity index (χ0n) is 14.3. The maximum atomic E-state index is 9.55. The number of benzene rings is 2. The number of fused-ring (bicyclic) bond motifs is 3. The van der Waals surface area contributed by atoms with Gasteiger partial charge in [-0.2, -0.15) is 0 Å². The second kappa shape index (κ2) is 8.68. The minimum Gasteiger partial charge on any atom is -0.497 e. The van der Waals surface area contributed by atoms with Crippen molar-refractivity contribution in [3.05, 3.63) is 54.7 Å². The van der Waals surface area contributed by atoms with Crippen LogP contribution in [0.4, 0.5) is 0 Å². The molecule has 7 heteroatoms. The molecular weight excluding hydrogens is 336 g/mol. The van der Waals surface area contributed by atoms with E-state index in [1.54, 1.807) is 7.11 Å². The molecular formula is C19H20N2O5. The lowest BCUT2D eigenvalue weighted by atomic mass is 10.1. The van der Waals surface area contributed by atoms with Gasteiger partial charge in [0.25, 0.3) is 0 Å². The van der Waals surface area contributed by atoms with Gasteiger partial charge < -0.3 is 25.3 Å². The fourth-order valence-corrected chi connectivity index (χ4v) is 2.59. The molecule has 3 aromatic rings. The van der Waals surface area contributed by atoms with Gasteiger partial charge in [0, 0.05) is 42.2 Å². The standard InChI is InChI=1S/C15H16N2O.C4H4O4/c1-18-13-5-4-11-2-3-12-6-8-17(9-7-16)15(12)14(11)10-13;5-3(6)1-2-4(7)8/h2-6,8,10H,7,9,16H2,1H3;1-2H,(H,5,6)(H,7,8)/b;2-1+. The van der Waals surface area contributed by atoms with Crippen LogP contribution in [-0.4, -0.2) is 40.4 Å². The second-order valence-corrected chi connectivity index (χ2v) is 5.40. The molecule has 7 nitrogen and oxygen atoms in total. The number of hydrogen-bond acceptors (Lipinski definition) is 4. The number of ether oxygens (including phenoxy) is 1. The number of nitrogens with zero attached hydrogens (tertiary/aromatic N) is 1. The maximum absolute atomic E-state index is 9.55. The Kier molecular flexibility index (Phi) is 6.35. The van der Waals surface area contributed by atoms with E-state index in [4.69, 9.17) is 20.7 Å². The summed E-state index contributed by atoms with van der Waals surface area (Å²) in [5.74, 6) is -1.63. The van der Waals surface area contributed by atoms with Crippen molar-refractivity contribution >= 4 is 33.6 Å². The van der Waals surface area contributed by atoms with Gasteiger partial charge in [0.1, 0.15) is 5.75 Å². The molecule has 26 heavy (non-hydrogen) atoms. The van der Waals surface area contributed by atoms with E-state index >= 15 is 0 Å². The minimum absolute atomic E-state index is 0.558. The predicted molar refractivity (Wildman–Crippen MR) is 99.5 cm³/mol. The first-order valence-electron chi connectivity index (χ1n) is 7.86. The Labute approximate surface area is 149 Å². The van der Waals surface area contributed by atoms with E-state index in [0.29, 0.717) is 18.7 Å². The molecule has 0 aliphatic rings.